The van der Waals surface area contributed by atoms with Crippen LogP contribution in [0.2, 0.25) is 5.02 Å². The van der Waals surface area contributed by atoms with Crippen LogP contribution in [-0.4, -0.2) is 80.7 Å². The van der Waals surface area contributed by atoms with Gasteiger partial charge >= 0.3 is 12.0 Å². The molecule has 292 valence electrons. The molecule has 0 aromatic heterocycles. The number of hydrogen-bond donors (Lipinski definition) is 2. The fraction of sp³-hybridized carbons (Fsp3) is 0.450. The molecule has 54 heavy (non-hydrogen) atoms. The van der Waals surface area contributed by atoms with Gasteiger partial charge in [0, 0.05) is 29.4 Å². The molecule has 0 radical (unpaired) electrons. The number of nitrogens with one attached hydrogen (secondary N) is 1. The van der Waals surface area contributed by atoms with Crippen molar-refractivity contribution in [1.29, 1.82) is 0 Å². The summed E-state index contributed by atoms with van der Waals surface area (Å²) in [5.74, 6) is -0.591. The number of nitrogens with two attached hydrogens (primary N) is 1. The maximum atomic E-state index is 14.4. The molecule has 1 fully saturated rings. The lowest BCUT2D eigenvalue weighted by Gasteiger charge is -2.26. The van der Waals surface area contributed by atoms with Crippen molar-refractivity contribution in [3.63, 3.8) is 0 Å². The highest BCUT2D eigenvalue weighted by Gasteiger charge is 2.39. The third-order valence-corrected chi connectivity index (χ3v) is 9.30. The van der Waals surface area contributed by atoms with Crippen LogP contribution in [0.25, 0.3) is 0 Å². The van der Waals surface area contributed by atoms with Crippen molar-refractivity contribution < 1.29 is 42.9 Å². The number of unbranched alkanes of at least 4 members (excludes halogenated alkanes) is 1. The Kier molecular flexibility index (Phi) is 14.0. The lowest BCUT2D eigenvalue weighted by molar-refractivity contribution is -0.135. The topological polar surface area (TPSA) is 159 Å². The number of methoxy groups -OCH3 is 4. The number of urea groups is 1. The highest BCUT2D eigenvalue weighted by Crippen LogP contribution is 2.36. The predicted octanol–water partition coefficient (Wildman–Crippen LogP) is 6.58. The van der Waals surface area contributed by atoms with Gasteiger partial charge in [0.05, 0.1) is 58.1 Å². The number of carbonyl (C=O) groups is 4. The Morgan fingerprint density at radius 3 is 2.19 bits per heavy atom. The first-order valence-electron chi connectivity index (χ1n) is 17.8. The third kappa shape index (κ3) is 10.3. The molecule has 13 nitrogen and oxygen atoms in total. The number of ether oxygens (including phenoxy) is 5. The minimum absolute atomic E-state index is 0.0174. The fourth-order valence-electron chi connectivity index (χ4n) is 6.33. The van der Waals surface area contributed by atoms with E-state index >= 15 is 0 Å². The van der Waals surface area contributed by atoms with E-state index in [1.54, 1.807) is 69.3 Å². The quantitative estimate of drug-likeness (QED) is 0.136. The number of nitrogens with zero attached hydrogens (tertiary/aromatic N) is 2. The van der Waals surface area contributed by atoms with Gasteiger partial charge in [0.25, 0.3) is 0 Å². The van der Waals surface area contributed by atoms with Crippen LogP contribution in [0, 0.1) is 5.92 Å². The summed E-state index contributed by atoms with van der Waals surface area (Å²) in [6.07, 6.45) is 2.20. The summed E-state index contributed by atoms with van der Waals surface area (Å²) >= 11 is 6.36. The molecule has 0 aliphatic carbocycles. The average Bonchev–Trinajstić information content (AvgIpc) is 3.24. The second-order valence-corrected chi connectivity index (χ2v) is 14.5. The molecule has 0 saturated carbocycles. The van der Waals surface area contributed by atoms with Crippen LogP contribution in [-0.2, 0) is 27.3 Å². The molecule has 1 heterocycles. The molecular weight excluding hydrogens is 716 g/mol. The Morgan fingerprint density at radius 1 is 0.944 bits per heavy atom. The number of halogens is 1. The molecule has 2 atom stereocenters. The fourth-order valence-corrected chi connectivity index (χ4v) is 6.52. The predicted molar refractivity (Wildman–Crippen MR) is 205 cm³/mol. The van der Waals surface area contributed by atoms with Gasteiger partial charge in [0.1, 0.15) is 35.1 Å². The molecule has 4 amide bonds. The van der Waals surface area contributed by atoms with Gasteiger partial charge in [-0.2, -0.15) is 0 Å². The van der Waals surface area contributed by atoms with Crippen LogP contribution in [0.4, 0.5) is 10.5 Å². The second kappa shape index (κ2) is 18.2. The van der Waals surface area contributed by atoms with Crippen molar-refractivity contribution in [2.45, 2.75) is 71.6 Å². The summed E-state index contributed by atoms with van der Waals surface area (Å²) in [6.45, 7) is 6.79. The average molecular weight is 767 g/mol. The molecular formula is C40H51ClN4O9. The Balaban J connectivity index is 1.70. The highest BCUT2D eigenvalue weighted by molar-refractivity contribution is 6.30. The molecule has 0 spiro atoms. The summed E-state index contributed by atoms with van der Waals surface area (Å²) in [6, 6.07) is 12.0. The van der Waals surface area contributed by atoms with Gasteiger partial charge in [-0.3, -0.25) is 14.5 Å². The van der Waals surface area contributed by atoms with Gasteiger partial charge in [0.15, 0.2) is 0 Å². The summed E-state index contributed by atoms with van der Waals surface area (Å²) in [5.41, 5.74) is 7.84. The van der Waals surface area contributed by atoms with Crippen LogP contribution in [0.3, 0.4) is 0 Å². The van der Waals surface area contributed by atoms with Crippen molar-refractivity contribution in [3.8, 4) is 23.0 Å². The molecule has 0 unspecified atom stereocenters. The first-order valence-corrected chi connectivity index (χ1v) is 18.1. The SMILES string of the molecule is CCCC[C@H](NC(=O)N1CC(=O)N(Cc2c(OC)cc(OC)cc2OC)C[C@H](Cc2cc(Cl)ccc2OC)C1=O)c1ccc(C(=O)OC(C)(C)C)c(N)c1. The van der Waals surface area contributed by atoms with Gasteiger partial charge in [-0.1, -0.05) is 37.4 Å². The number of hydrogen-bond acceptors (Lipinski definition) is 10. The largest absolute Gasteiger partial charge is 0.496 e. The first kappa shape index (κ1) is 41.6. The minimum atomic E-state index is -0.873. The summed E-state index contributed by atoms with van der Waals surface area (Å²) in [4.78, 5) is 58.0. The zero-order valence-electron chi connectivity index (χ0n) is 32.2. The van der Waals surface area contributed by atoms with Crippen molar-refractivity contribution >= 4 is 41.1 Å². The molecule has 0 bridgehead atoms. The van der Waals surface area contributed by atoms with Crippen molar-refractivity contribution in [2.75, 3.05) is 47.3 Å². The normalized spacial score (nSPS) is 15.3. The van der Waals surface area contributed by atoms with Crippen LogP contribution in [0.5, 0.6) is 23.0 Å². The van der Waals surface area contributed by atoms with E-state index in [9.17, 15) is 19.2 Å². The molecule has 3 N–H and O–H groups in total. The number of imide groups is 1. The molecule has 1 aliphatic rings. The monoisotopic (exact) mass is 766 g/mol. The number of amides is 4. The first-order chi connectivity index (χ1) is 25.6. The summed E-state index contributed by atoms with van der Waals surface area (Å²) in [5, 5.41) is 3.43. The number of anilines is 1. The molecule has 1 aliphatic heterocycles. The smallest absolute Gasteiger partial charge is 0.340 e. The van der Waals surface area contributed by atoms with Crippen LogP contribution in [0.15, 0.2) is 48.5 Å². The van der Waals surface area contributed by atoms with E-state index < -0.39 is 47.9 Å². The van der Waals surface area contributed by atoms with Gasteiger partial charge in [-0.25, -0.2) is 9.59 Å². The zero-order chi connectivity index (χ0) is 39.7. The standard InChI is InChI=1S/C40H51ClN4O9/c1-9-10-11-32(24-12-14-29(31(42)18-24)38(48)54-40(2,3)4)43-39(49)45-23-36(46)44(22-30-34(52-7)19-28(50-5)20-35(30)53-8)21-26(37(45)47)16-25-17-27(41)13-15-33(25)51-6/h12-15,17-20,26,32H,9-11,16,21-23,42H2,1-8H3,(H,43,49)/t26-,32-/m0/s1. The van der Waals surface area contributed by atoms with Gasteiger partial charge < -0.3 is 39.6 Å². The van der Waals surface area contributed by atoms with Crippen molar-refractivity contribution in [3.05, 3.63) is 75.8 Å². The van der Waals surface area contributed by atoms with Crippen LogP contribution < -0.4 is 30.0 Å². The van der Waals surface area contributed by atoms with Crippen LogP contribution in [0.1, 0.15) is 80.0 Å². The Hall–Kier alpha value is -5.17. The minimum Gasteiger partial charge on any atom is -0.496 e. The van der Waals surface area contributed by atoms with Gasteiger partial charge in [0.2, 0.25) is 11.8 Å². The van der Waals surface area contributed by atoms with E-state index in [1.807, 2.05) is 6.92 Å². The van der Waals surface area contributed by atoms with E-state index in [0.29, 0.717) is 51.1 Å². The second-order valence-electron chi connectivity index (χ2n) is 14.1. The molecule has 4 rings (SSSR count). The summed E-state index contributed by atoms with van der Waals surface area (Å²) in [7, 11) is 6.04. The third-order valence-electron chi connectivity index (χ3n) is 9.06. The number of rotatable bonds is 14. The van der Waals surface area contributed by atoms with Gasteiger partial charge in [-0.15, -0.1) is 0 Å². The number of nitrogen functional groups attached to an aromatic ring is 1. The van der Waals surface area contributed by atoms with E-state index in [2.05, 4.69) is 5.32 Å². The van der Waals surface area contributed by atoms with Gasteiger partial charge in [-0.05, 0) is 75.1 Å². The summed E-state index contributed by atoms with van der Waals surface area (Å²) < 4.78 is 27.8. The zero-order valence-corrected chi connectivity index (χ0v) is 33.0. The van der Waals surface area contributed by atoms with Crippen molar-refractivity contribution in [2.24, 2.45) is 5.92 Å². The Morgan fingerprint density at radius 2 is 1.61 bits per heavy atom. The van der Waals surface area contributed by atoms with E-state index in [4.69, 9.17) is 41.0 Å². The molecule has 14 heteroatoms. The lowest BCUT2D eigenvalue weighted by atomic mass is 9.96. The van der Waals surface area contributed by atoms with Crippen LogP contribution >= 0.6 is 11.6 Å². The number of esters is 1. The molecule has 3 aromatic rings. The van der Waals surface area contributed by atoms with E-state index in [-0.39, 0.29) is 30.8 Å². The highest BCUT2D eigenvalue weighted by atomic mass is 35.5. The number of benzene rings is 3. The number of carbonyl (C=O) groups excluding carboxylic acids is 4. The van der Waals surface area contributed by atoms with Crippen molar-refractivity contribution in [1.82, 2.24) is 15.1 Å². The Labute approximate surface area is 321 Å². The maximum absolute atomic E-state index is 14.4. The lowest BCUT2D eigenvalue weighted by Crippen LogP contribution is -2.48. The Bertz CT molecular complexity index is 1820. The van der Waals surface area contributed by atoms with E-state index in [0.717, 1.165) is 17.7 Å². The van der Waals surface area contributed by atoms with E-state index in [1.165, 1.54) is 33.3 Å². The molecule has 3 aromatic carbocycles. The molecule has 1 saturated heterocycles. The maximum Gasteiger partial charge on any atom is 0.340 e.